The van der Waals surface area contributed by atoms with Crippen LogP contribution in [0.3, 0.4) is 0 Å². The second kappa shape index (κ2) is 5.83. The van der Waals surface area contributed by atoms with Crippen LogP contribution in [0.5, 0.6) is 0 Å². The maximum Gasteiger partial charge on any atom is 0.0622 e. The first-order chi connectivity index (χ1) is 7.38. The topological polar surface area (TPSA) is 38.7 Å². The number of hydrogen-bond acceptors (Lipinski definition) is 3. The summed E-state index contributed by atoms with van der Waals surface area (Å²) < 4.78 is 11.4. The van der Waals surface area contributed by atoms with Crippen molar-refractivity contribution in [3.05, 3.63) is 0 Å². The van der Waals surface area contributed by atoms with Crippen molar-refractivity contribution in [3.8, 4) is 0 Å². The first kappa shape index (κ1) is 11.4. The van der Waals surface area contributed by atoms with Gasteiger partial charge in [-0.15, -0.1) is 0 Å². The number of aliphatic hydroxyl groups is 1. The molecule has 0 radical (unpaired) electrons. The summed E-state index contributed by atoms with van der Waals surface area (Å²) in [5.41, 5.74) is 0. The zero-order valence-electron chi connectivity index (χ0n) is 9.36. The zero-order valence-corrected chi connectivity index (χ0v) is 9.36. The Morgan fingerprint density at radius 2 is 1.53 bits per heavy atom. The van der Waals surface area contributed by atoms with Crippen LogP contribution in [0.2, 0.25) is 0 Å². The Labute approximate surface area is 91.8 Å². The lowest BCUT2D eigenvalue weighted by Crippen LogP contribution is -2.31. The van der Waals surface area contributed by atoms with Crippen LogP contribution in [0.1, 0.15) is 38.5 Å². The maximum absolute atomic E-state index is 9.04. The Morgan fingerprint density at radius 1 is 0.933 bits per heavy atom. The Hall–Kier alpha value is -0.120. The SMILES string of the molecule is OCC1CCC(OC2CCOCC2)CC1. The van der Waals surface area contributed by atoms with Crippen LogP contribution in [0, 0.1) is 5.92 Å². The fourth-order valence-corrected chi connectivity index (χ4v) is 2.53. The molecule has 1 N–H and O–H groups in total. The van der Waals surface area contributed by atoms with Crippen molar-refractivity contribution >= 4 is 0 Å². The van der Waals surface area contributed by atoms with Crippen LogP contribution in [-0.2, 0) is 9.47 Å². The van der Waals surface area contributed by atoms with E-state index in [0.717, 1.165) is 51.7 Å². The molecule has 1 saturated carbocycles. The summed E-state index contributed by atoms with van der Waals surface area (Å²) >= 11 is 0. The van der Waals surface area contributed by atoms with Crippen LogP contribution in [0.4, 0.5) is 0 Å². The molecule has 1 heterocycles. The molecule has 88 valence electrons. The summed E-state index contributed by atoms with van der Waals surface area (Å²) in [6.07, 6.45) is 7.49. The highest BCUT2D eigenvalue weighted by Gasteiger charge is 2.24. The molecule has 2 aliphatic rings. The van der Waals surface area contributed by atoms with Crippen LogP contribution >= 0.6 is 0 Å². The molecule has 0 amide bonds. The summed E-state index contributed by atoms with van der Waals surface area (Å²) in [5.74, 6) is 0.527. The van der Waals surface area contributed by atoms with Gasteiger partial charge in [-0.2, -0.15) is 0 Å². The van der Waals surface area contributed by atoms with Gasteiger partial charge >= 0.3 is 0 Å². The summed E-state index contributed by atoms with van der Waals surface area (Å²) in [7, 11) is 0. The first-order valence-electron chi connectivity index (χ1n) is 6.22. The number of ether oxygens (including phenoxy) is 2. The molecule has 3 nitrogen and oxygen atoms in total. The fourth-order valence-electron chi connectivity index (χ4n) is 2.53. The molecule has 0 aromatic heterocycles. The van der Waals surface area contributed by atoms with E-state index in [1.807, 2.05) is 0 Å². The van der Waals surface area contributed by atoms with Gasteiger partial charge in [-0.3, -0.25) is 0 Å². The maximum atomic E-state index is 9.04. The number of aliphatic hydroxyl groups excluding tert-OH is 1. The molecule has 15 heavy (non-hydrogen) atoms. The second-order valence-corrected chi connectivity index (χ2v) is 4.77. The van der Waals surface area contributed by atoms with Crippen molar-refractivity contribution in [1.82, 2.24) is 0 Å². The average molecular weight is 214 g/mol. The predicted molar refractivity (Wildman–Crippen MR) is 57.8 cm³/mol. The molecule has 0 aromatic carbocycles. The summed E-state index contributed by atoms with van der Waals surface area (Å²) in [6.45, 7) is 2.07. The molecule has 0 aromatic rings. The van der Waals surface area contributed by atoms with E-state index in [1.165, 1.54) is 0 Å². The van der Waals surface area contributed by atoms with Gasteiger partial charge < -0.3 is 14.6 Å². The summed E-state index contributed by atoms with van der Waals surface area (Å²) in [5, 5.41) is 9.04. The molecule has 2 fully saturated rings. The van der Waals surface area contributed by atoms with E-state index >= 15 is 0 Å². The molecule has 3 heteroatoms. The van der Waals surface area contributed by atoms with Crippen molar-refractivity contribution in [2.24, 2.45) is 5.92 Å². The molecule has 1 aliphatic carbocycles. The van der Waals surface area contributed by atoms with Gasteiger partial charge in [0.1, 0.15) is 0 Å². The van der Waals surface area contributed by atoms with Gasteiger partial charge in [0.15, 0.2) is 0 Å². The average Bonchev–Trinajstić information content (AvgIpc) is 2.31. The van der Waals surface area contributed by atoms with Gasteiger partial charge in [0.05, 0.1) is 12.2 Å². The van der Waals surface area contributed by atoms with Crippen LogP contribution in [0.15, 0.2) is 0 Å². The minimum Gasteiger partial charge on any atom is -0.396 e. The van der Waals surface area contributed by atoms with Crippen LogP contribution in [0.25, 0.3) is 0 Å². The standard InChI is InChI=1S/C12H22O3/c13-9-10-1-3-11(4-2-10)15-12-5-7-14-8-6-12/h10-13H,1-9H2. The molecule has 1 saturated heterocycles. The van der Waals surface area contributed by atoms with E-state index in [0.29, 0.717) is 24.7 Å². The van der Waals surface area contributed by atoms with E-state index in [4.69, 9.17) is 14.6 Å². The quantitative estimate of drug-likeness (QED) is 0.777. The lowest BCUT2D eigenvalue weighted by atomic mass is 9.88. The Morgan fingerprint density at radius 3 is 2.13 bits per heavy atom. The molecule has 2 rings (SSSR count). The minimum absolute atomic E-state index is 0.351. The van der Waals surface area contributed by atoms with E-state index in [2.05, 4.69) is 0 Å². The van der Waals surface area contributed by atoms with Gasteiger partial charge in [0.2, 0.25) is 0 Å². The first-order valence-corrected chi connectivity index (χ1v) is 6.22. The van der Waals surface area contributed by atoms with Crippen molar-refractivity contribution in [1.29, 1.82) is 0 Å². The Balaban J connectivity index is 1.67. The largest absolute Gasteiger partial charge is 0.396 e. The number of hydrogen-bond donors (Lipinski definition) is 1. The second-order valence-electron chi connectivity index (χ2n) is 4.77. The van der Waals surface area contributed by atoms with E-state index < -0.39 is 0 Å². The summed E-state index contributed by atoms with van der Waals surface area (Å²) in [4.78, 5) is 0. The highest BCUT2D eigenvalue weighted by atomic mass is 16.5. The molecule has 0 spiro atoms. The van der Waals surface area contributed by atoms with Crippen LogP contribution < -0.4 is 0 Å². The number of rotatable bonds is 3. The molecule has 0 unspecified atom stereocenters. The van der Waals surface area contributed by atoms with Gasteiger partial charge in [-0.1, -0.05) is 0 Å². The molecular formula is C12H22O3. The van der Waals surface area contributed by atoms with E-state index in [9.17, 15) is 0 Å². The Bertz CT molecular complexity index is 170. The summed E-state index contributed by atoms with van der Waals surface area (Å²) in [6, 6.07) is 0. The fraction of sp³-hybridized carbons (Fsp3) is 1.00. The van der Waals surface area contributed by atoms with Crippen molar-refractivity contribution < 1.29 is 14.6 Å². The van der Waals surface area contributed by atoms with Gasteiger partial charge in [0, 0.05) is 19.8 Å². The molecule has 1 aliphatic heterocycles. The van der Waals surface area contributed by atoms with Crippen LogP contribution in [-0.4, -0.2) is 37.1 Å². The normalized spacial score (nSPS) is 34.2. The van der Waals surface area contributed by atoms with Gasteiger partial charge in [-0.25, -0.2) is 0 Å². The predicted octanol–water partition coefficient (Wildman–Crippen LogP) is 1.73. The highest BCUT2D eigenvalue weighted by Crippen LogP contribution is 2.27. The van der Waals surface area contributed by atoms with E-state index in [1.54, 1.807) is 0 Å². The third-order valence-corrected chi connectivity index (χ3v) is 3.61. The lowest BCUT2D eigenvalue weighted by molar-refractivity contribution is -0.0832. The monoisotopic (exact) mass is 214 g/mol. The minimum atomic E-state index is 0.351. The highest BCUT2D eigenvalue weighted by molar-refractivity contribution is 4.74. The van der Waals surface area contributed by atoms with Gasteiger partial charge in [0.25, 0.3) is 0 Å². The lowest BCUT2D eigenvalue weighted by Gasteiger charge is -2.32. The van der Waals surface area contributed by atoms with E-state index in [-0.39, 0.29) is 0 Å². The third-order valence-electron chi connectivity index (χ3n) is 3.61. The molecule has 0 atom stereocenters. The zero-order chi connectivity index (χ0) is 10.5. The van der Waals surface area contributed by atoms with Crippen molar-refractivity contribution in [3.63, 3.8) is 0 Å². The van der Waals surface area contributed by atoms with Crippen molar-refractivity contribution in [2.75, 3.05) is 19.8 Å². The molecular weight excluding hydrogens is 192 g/mol. The van der Waals surface area contributed by atoms with Crippen molar-refractivity contribution in [2.45, 2.75) is 50.7 Å². The van der Waals surface area contributed by atoms with Gasteiger partial charge in [-0.05, 0) is 44.4 Å². The molecule has 0 bridgehead atoms. The third kappa shape index (κ3) is 3.44. The smallest absolute Gasteiger partial charge is 0.0622 e. The Kier molecular flexibility index (Phi) is 4.42.